The second-order valence-corrected chi connectivity index (χ2v) is 10.8. The number of nitrogen functional groups attached to an aromatic ring is 1. The van der Waals surface area contributed by atoms with Crippen LogP contribution in [0.4, 0.5) is 10.3 Å². The average molecular weight is 590 g/mol. The van der Waals surface area contributed by atoms with Crippen LogP contribution in [0.3, 0.4) is 0 Å². The fourth-order valence-corrected chi connectivity index (χ4v) is 4.99. The van der Waals surface area contributed by atoms with Crippen LogP contribution < -0.4 is 20.8 Å². The monoisotopic (exact) mass is 589 g/mol. The minimum Gasteiger partial charge on any atom is -0.496 e. The van der Waals surface area contributed by atoms with Crippen LogP contribution in [0, 0.1) is 12.7 Å². The molecule has 218 valence electrons. The number of halogens is 1. The summed E-state index contributed by atoms with van der Waals surface area (Å²) in [6.45, 7) is 1.57. The summed E-state index contributed by atoms with van der Waals surface area (Å²) in [7, 11) is -2.41. The predicted octanol–water partition coefficient (Wildman–Crippen LogP) is 3.55. The van der Waals surface area contributed by atoms with E-state index in [1.54, 1.807) is 28.8 Å². The molecule has 2 aromatic heterocycles. The molecule has 0 saturated carbocycles. The second-order valence-electron chi connectivity index (χ2n) is 8.80. The highest BCUT2D eigenvalue weighted by atomic mass is 31.2. The SMILES string of the molecule is COc1cc(OC(=O)CCOP(=O)(COCCn2cnc3c(=O)[nH]c(N)nc32)OCc2cccc(F)c2)ccc1C. The molecule has 4 aromatic rings. The number of carbonyl (C=O) groups excluding carboxylic acids is 1. The van der Waals surface area contributed by atoms with Crippen LogP contribution in [-0.4, -0.2) is 52.2 Å². The molecule has 0 amide bonds. The molecule has 0 aliphatic heterocycles. The lowest BCUT2D eigenvalue weighted by molar-refractivity contribution is -0.134. The zero-order valence-electron chi connectivity index (χ0n) is 22.4. The van der Waals surface area contributed by atoms with Gasteiger partial charge in [0.1, 0.15) is 23.7 Å². The molecule has 1 atom stereocenters. The first kappa shape index (κ1) is 29.9. The van der Waals surface area contributed by atoms with Gasteiger partial charge in [-0.25, -0.2) is 9.37 Å². The lowest BCUT2D eigenvalue weighted by Crippen LogP contribution is -2.14. The molecule has 0 fully saturated rings. The zero-order valence-corrected chi connectivity index (χ0v) is 23.3. The Kier molecular flexibility index (Phi) is 9.84. The van der Waals surface area contributed by atoms with Crippen molar-refractivity contribution in [2.24, 2.45) is 0 Å². The lowest BCUT2D eigenvalue weighted by Gasteiger charge is -2.19. The highest BCUT2D eigenvalue weighted by Gasteiger charge is 2.26. The van der Waals surface area contributed by atoms with Crippen LogP contribution in [0.15, 0.2) is 53.6 Å². The Balaban J connectivity index is 1.34. The van der Waals surface area contributed by atoms with Gasteiger partial charge < -0.3 is 33.6 Å². The summed E-state index contributed by atoms with van der Waals surface area (Å²) in [5.41, 5.74) is 6.82. The minimum atomic E-state index is -3.92. The molecular weight excluding hydrogens is 560 g/mol. The molecule has 0 spiro atoms. The van der Waals surface area contributed by atoms with Gasteiger partial charge in [-0.15, -0.1) is 0 Å². The number of nitrogens with one attached hydrogen (secondary N) is 1. The van der Waals surface area contributed by atoms with E-state index in [0.717, 1.165) is 5.56 Å². The van der Waals surface area contributed by atoms with Crippen LogP contribution in [0.1, 0.15) is 17.5 Å². The van der Waals surface area contributed by atoms with Gasteiger partial charge in [0.25, 0.3) is 5.56 Å². The summed E-state index contributed by atoms with van der Waals surface area (Å²) < 4.78 is 55.7. The molecule has 0 aliphatic carbocycles. The average Bonchev–Trinajstić information content (AvgIpc) is 3.34. The molecule has 13 nitrogen and oxygen atoms in total. The van der Waals surface area contributed by atoms with Crippen LogP contribution in [-0.2, 0) is 36.3 Å². The van der Waals surface area contributed by atoms with E-state index in [4.69, 9.17) is 29.0 Å². The Morgan fingerprint density at radius 1 is 1.17 bits per heavy atom. The number of methoxy groups -OCH3 is 1. The first-order valence-electron chi connectivity index (χ1n) is 12.4. The van der Waals surface area contributed by atoms with Crippen LogP contribution in [0.5, 0.6) is 11.5 Å². The zero-order chi connectivity index (χ0) is 29.4. The number of nitrogens with two attached hydrogens (primary N) is 1. The van der Waals surface area contributed by atoms with Crippen LogP contribution in [0.2, 0.25) is 0 Å². The quantitative estimate of drug-likeness (QED) is 0.0954. The maximum absolute atomic E-state index is 13.6. The van der Waals surface area contributed by atoms with Crippen molar-refractivity contribution in [2.45, 2.75) is 26.5 Å². The summed E-state index contributed by atoms with van der Waals surface area (Å²) in [5.74, 6) is -0.310. The number of carbonyl (C=O) groups is 1. The van der Waals surface area contributed by atoms with Crippen molar-refractivity contribution in [3.8, 4) is 11.5 Å². The highest BCUT2D eigenvalue weighted by molar-refractivity contribution is 7.53. The predicted molar refractivity (Wildman–Crippen MR) is 146 cm³/mol. The number of fused-ring (bicyclic) bond motifs is 1. The number of aryl methyl sites for hydroxylation is 1. The fourth-order valence-electron chi connectivity index (χ4n) is 3.70. The number of benzene rings is 2. The number of rotatable bonds is 14. The fraction of sp³-hybridized carbons (Fsp3) is 0.308. The van der Waals surface area contributed by atoms with Crippen molar-refractivity contribution < 1.29 is 37.0 Å². The summed E-state index contributed by atoms with van der Waals surface area (Å²) in [6.07, 6.45) is 0.711. The molecule has 2 aromatic carbocycles. The Morgan fingerprint density at radius 3 is 2.78 bits per heavy atom. The number of nitrogens with zero attached hydrogens (tertiary/aromatic N) is 3. The summed E-state index contributed by atoms with van der Waals surface area (Å²) in [5, 5.41) is 0. The molecule has 0 aliphatic rings. The van der Waals surface area contributed by atoms with E-state index in [2.05, 4.69) is 15.0 Å². The van der Waals surface area contributed by atoms with Crippen molar-refractivity contribution in [3.05, 3.63) is 76.1 Å². The van der Waals surface area contributed by atoms with E-state index in [1.807, 2.05) is 6.92 Å². The first-order chi connectivity index (χ1) is 19.7. The van der Waals surface area contributed by atoms with Crippen molar-refractivity contribution in [1.29, 1.82) is 0 Å². The van der Waals surface area contributed by atoms with Crippen molar-refractivity contribution in [3.63, 3.8) is 0 Å². The number of H-pyrrole nitrogens is 1. The van der Waals surface area contributed by atoms with Gasteiger partial charge in [0, 0.05) is 12.6 Å². The molecular formula is C26H29FN5O8P. The number of hydrogen-bond acceptors (Lipinski definition) is 11. The Morgan fingerprint density at radius 2 is 2.00 bits per heavy atom. The topological polar surface area (TPSA) is 170 Å². The maximum Gasteiger partial charge on any atom is 0.356 e. The van der Waals surface area contributed by atoms with Crippen LogP contribution in [0.25, 0.3) is 11.2 Å². The molecule has 41 heavy (non-hydrogen) atoms. The van der Waals surface area contributed by atoms with E-state index >= 15 is 0 Å². The van der Waals surface area contributed by atoms with Gasteiger partial charge in [0.15, 0.2) is 11.2 Å². The van der Waals surface area contributed by atoms with E-state index < -0.39 is 31.3 Å². The van der Waals surface area contributed by atoms with Gasteiger partial charge in [0.2, 0.25) is 5.95 Å². The van der Waals surface area contributed by atoms with Crippen LogP contribution >= 0.6 is 7.60 Å². The standard InChI is InChI=1S/C26H29FN5O8P/c1-17-6-7-20(13-21(17)36-2)40-22(33)8-10-38-41(35,39-14-18-4-3-5-19(27)12-18)16-37-11-9-32-15-29-23-24(32)30-26(28)31-25(23)34/h3-7,12-13,15H,8-11,14,16H2,1-2H3,(H3,28,30,31,34). The van der Waals surface area contributed by atoms with E-state index in [0.29, 0.717) is 11.3 Å². The maximum atomic E-state index is 13.6. The van der Waals surface area contributed by atoms with Gasteiger partial charge in [-0.05, 0) is 36.2 Å². The number of hydrogen-bond donors (Lipinski definition) is 2. The third-order valence-corrected chi connectivity index (χ3v) is 7.34. The highest BCUT2D eigenvalue weighted by Crippen LogP contribution is 2.49. The third-order valence-electron chi connectivity index (χ3n) is 5.74. The first-order valence-corrected chi connectivity index (χ1v) is 14.1. The summed E-state index contributed by atoms with van der Waals surface area (Å²) >= 11 is 0. The van der Waals surface area contributed by atoms with E-state index in [-0.39, 0.29) is 55.6 Å². The molecule has 0 radical (unpaired) electrons. The largest absolute Gasteiger partial charge is 0.496 e. The van der Waals surface area contributed by atoms with Crippen molar-refractivity contribution >= 4 is 30.7 Å². The molecule has 3 N–H and O–H groups in total. The molecule has 15 heteroatoms. The van der Waals surface area contributed by atoms with Gasteiger partial charge >= 0.3 is 13.6 Å². The van der Waals surface area contributed by atoms with Gasteiger partial charge in [-0.2, -0.15) is 4.98 Å². The molecule has 0 saturated heterocycles. The summed E-state index contributed by atoms with van der Waals surface area (Å²) in [6, 6.07) is 10.6. The van der Waals surface area contributed by atoms with Gasteiger partial charge in [0.05, 0.1) is 39.7 Å². The third kappa shape index (κ3) is 8.21. The molecule has 0 bridgehead atoms. The Bertz CT molecular complexity index is 1630. The molecule has 2 heterocycles. The van der Waals surface area contributed by atoms with Crippen molar-refractivity contribution in [2.75, 3.05) is 32.4 Å². The summed E-state index contributed by atoms with van der Waals surface area (Å²) in [4.78, 5) is 34.8. The van der Waals surface area contributed by atoms with Crippen molar-refractivity contribution in [1.82, 2.24) is 19.5 Å². The Labute approximate surface area is 233 Å². The minimum absolute atomic E-state index is 0.0216. The van der Waals surface area contributed by atoms with Gasteiger partial charge in [-0.3, -0.25) is 19.1 Å². The number of esters is 1. The van der Waals surface area contributed by atoms with E-state index in [1.165, 1.54) is 31.6 Å². The number of imidazole rings is 1. The second kappa shape index (κ2) is 13.5. The smallest absolute Gasteiger partial charge is 0.356 e. The Hall–Kier alpha value is -4.10. The number of anilines is 1. The number of aromatic nitrogens is 4. The normalized spacial score (nSPS) is 12.8. The number of aromatic amines is 1. The lowest BCUT2D eigenvalue weighted by atomic mass is 10.2. The van der Waals surface area contributed by atoms with E-state index in [9.17, 15) is 18.5 Å². The number of ether oxygens (including phenoxy) is 3. The van der Waals surface area contributed by atoms with Gasteiger partial charge in [-0.1, -0.05) is 18.2 Å². The molecule has 1 unspecified atom stereocenters. The molecule has 4 rings (SSSR count).